The molecule has 4 aromatic rings. The zero-order chi connectivity index (χ0) is 19.3. The lowest BCUT2D eigenvalue weighted by Gasteiger charge is -2.07. The number of fused-ring (bicyclic) bond motifs is 3. The third-order valence-electron chi connectivity index (χ3n) is 4.28. The van der Waals surface area contributed by atoms with Crippen LogP contribution in [0.2, 0.25) is 10.0 Å². The van der Waals surface area contributed by atoms with Crippen molar-refractivity contribution in [2.24, 2.45) is 0 Å². The summed E-state index contributed by atoms with van der Waals surface area (Å²) in [4.78, 5) is 23.2. The average Bonchev–Trinajstić information content (AvgIpc) is 2.99. The molecule has 0 aliphatic carbocycles. The molecule has 0 atom stereocenters. The minimum absolute atomic E-state index is 0.0462. The molecule has 0 saturated carbocycles. The van der Waals surface area contributed by atoms with Crippen LogP contribution < -0.4 is 0 Å². The van der Waals surface area contributed by atoms with E-state index < -0.39 is 11.9 Å². The van der Waals surface area contributed by atoms with E-state index in [0.717, 1.165) is 0 Å². The van der Waals surface area contributed by atoms with Gasteiger partial charge in [0.05, 0.1) is 0 Å². The largest absolute Gasteiger partial charge is 0.478 e. The van der Waals surface area contributed by atoms with Crippen LogP contribution >= 0.6 is 23.2 Å². The maximum absolute atomic E-state index is 11.6. The highest BCUT2D eigenvalue weighted by molar-refractivity contribution is 6.35. The van der Waals surface area contributed by atoms with E-state index >= 15 is 0 Å². The Labute approximate surface area is 162 Å². The number of hydrogen-bond acceptors (Lipinski definition) is 3. The number of carboxylic acids is 2. The average molecular weight is 401 g/mol. The van der Waals surface area contributed by atoms with Gasteiger partial charge in [-0.25, -0.2) is 9.59 Å². The lowest BCUT2D eigenvalue weighted by molar-refractivity contribution is 0.0688. The van der Waals surface area contributed by atoms with Crippen LogP contribution in [0.5, 0.6) is 0 Å². The van der Waals surface area contributed by atoms with Crippen molar-refractivity contribution in [3.8, 4) is 11.1 Å². The van der Waals surface area contributed by atoms with Gasteiger partial charge in [0.15, 0.2) is 5.58 Å². The molecule has 27 heavy (non-hydrogen) atoms. The first-order valence-electron chi connectivity index (χ1n) is 7.78. The van der Waals surface area contributed by atoms with Crippen molar-refractivity contribution < 1.29 is 24.2 Å². The van der Waals surface area contributed by atoms with Crippen molar-refractivity contribution in [3.63, 3.8) is 0 Å². The molecule has 3 aromatic carbocycles. The summed E-state index contributed by atoms with van der Waals surface area (Å²) in [6.45, 7) is 0. The standard InChI is InChI=1S/C20H10Cl2O5/c21-10-6-9(7-11(22)8-10)12-4-5-15(20(25)26)18-16(12)13-2-1-3-14(19(23)24)17(13)27-18/h1-8H,(H,23,24)(H,25,26). The minimum atomic E-state index is -1.17. The van der Waals surface area contributed by atoms with E-state index in [1.165, 1.54) is 12.1 Å². The highest BCUT2D eigenvalue weighted by Crippen LogP contribution is 2.40. The molecule has 7 heteroatoms. The van der Waals surface area contributed by atoms with Crippen LogP contribution in [0.1, 0.15) is 20.7 Å². The van der Waals surface area contributed by atoms with E-state index in [9.17, 15) is 19.8 Å². The van der Waals surface area contributed by atoms with Gasteiger partial charge in [0, 0.05) is 20.8 Å². The summed E-state index contributed by atoms with van der Waals surface area (Å²) in [6.07, 6.45) is 0. The molecule has 1 aromatic heterocycles. The zero-order valence-corrected chi connectivity index (χ0v) is 15.0. The molecule has 1 heterocycles. The Kier molecular flexibility index (Phi) is 4.06. The summed E-state index contributed by atoms with van der Waals surface area (Å²) in [5.41, 5.74) is 1.41. The highest BCUT2D eigenvalue weighted by atomic mass is 35.5. The van der Waals surface area contributed by atoms with E-state index in [4.69, 9.17) is 27.6 Å². The lowest BCUT2D eigenvalue weighted by Crippen LogP contribution is -1.97. The predicted molar refractivity (Wildman–Crippen MR) is 103 cm³/mol. The van der Waals surface area contributed by atoms with E-state index in [0.29, 0.717) is 31.9 Å². The number of aromatic carboxylic acids is 2. The van der Waals surface area contributed by atoms with Gasteiger partial charge in [0.25, 0.3) is 0 Å². The second-order valence-corrected chi connectivity index (χ2v) is 6.79. The van der Waals surface area contributed by atoms with Crippen molar-refractivity contribution in [3.05, 3.63) is 69.7 Å². The smallest absolute Gasteiger partial charge is 0.339 e. The van der Waals surface area contributed by atoms with Crippen molar-refractivity contribution >= 4 is 57.1 Å². The number of hydrogen-bond donors (Lipinski definition) is 2. The lowest BCUT2D eigenvalue weighted by atomic mass is 9.96. The Balaban J connectivity index is 2.20. The van der Waals surface area contributed by atoms with Crippen LogP contribution in [0.3, 0.4) is 0 Å². The van der Waals surface area contributed by atoms with E-state index in [1.54, 1.807) is 36.4 Å². The maximum Gasteiger partial charge on any atom is 0.339 e. The molecule has 0 saturated heterocycles. The number of carboxylic acid groups (broad SMARTS) is 2. The molecule has 0 fully saturated rings. The molecule has 2 N–H and O–H groups in total. The van der Waals surface area contributed by atoms with Crippen LogP contribution in [0.15, 0.2) is 52.9 Å². The monoisotopic (exact) mass is 400 g/mol. The number of rotatable bonds is 3. The molecular formula is C20H10Cl2O5. The second-order valence-electron chi connectivity index (χ2n) is 5.92. The molecule has 0 radical (unpaired) electrons. The predicted octanol–water partition coefficient (Wildman–Crippen LogP) is 5.96. The topological polar surface area (TPSA) is 87.7 Å². The Morgan fingerprint density at radius 3 is 2.07 bits per heavy atom. The fourth-order valence-electron chi connectivity index (χ4n) is 3.19. The quantitative estimate of drug-likeness (QED) is 0.443. The summed E-state index contributed by atoms with van der Waals surface area (Å²) in [5, 5.41) is 20.8. The van der Waals surface area contributed by atoms with Gasteiger partial charge in [-0.1, -0.05) is 41.4 Å². The van der Waals surface area contributed by atoms with E-state index in [2.05, 4.69) is 0 Å². The van der Waals surface area contributed by atoms with Gasteiger partial charge in [-0.05, 0) is 41.5 Å². The molecule has 0 amide bonds. The Bertz CT molecular complexity index is 1240. The third-order valence-corrected chi connectivity index (χ3v) is 4.72. The van der Waals surface area contributed by atoms with E-state index in [-0.39, 0.29) is 22.3 Å². The fourth-order valence-corrected chi connectivity index (χ4v) is 3.71. The molecule has 134 valence electrons. The Morgan fingerprint density at radius 2 is 1.44 bits per heavy atom. The first-order chi connectivity index (χ1) is 12.9. The number of benzene rings is 3. The summed E-state index contributed by atoms with van der Waals surface area (Å²) in [7, 11) is 0. The normalized spacial score (nSPS) is 11.2. The Morgan fingerprint density at radius 1 is 0.815 bits per heavy atom. The molecular weight excluding hydrogens is 391 g/mol. The summed E-state index contributed by atoms with van der Waals surface area (Å²) in [5.74, 6) is -2.34. The number of carbonyl (C=O) groups is 2. The number of furan rings is 1. The fraction of sp³-hybridized carbons (Fsp3) is 0. The van der Waals surface area contributed by atoms with Crippen LogP contribution in [0.25, 0.3) is 33.1 Å². The summed E-state index contributed by atoms with van der Waals surface area (Å²) < 4.78 is 5.73. The molecule has 5 nitrogen and oxygen atoms in total. The molecule has 4 rings (SSSR count). The van der Waals surface area contributed by atoms with Gasteiger partial charge >= 0.3 is 11.9 Å². The van der Waals surface area contributed by atoms with Crippen LogP contribution in [0.4, 0.5) is 0 Å². The van der Waals surface area contributed by atoms with Crippen LogP contribution in [-0.2, 0) is 0 Å². The van der Waals surface area contributed by atoms with Gasteiger partial charge in [-0.15, -0.1) is 0 Å². The zero-order valence-electron chi connectivity index (χ0n) is 13.5. The summed E-state index contributed by atoms with van der Waals surface area (Å²) in [6, 6.07) is 12.7. The molecule has 0 aliphatic rings. The van der Waals surface area contributed by atoms with Gasteiger partial charge in [-0.2, -0.15) is 0 Å². The number of halogens is 2. The number of para-hydroxylation sites is 1. The molecule has 0 bridgehead atoms. The highest BCUT2D eigenvalue weighted by Gasteiger charge is 2.22. The van der Waals surface area contributed by atoms with Crippen molar-refractivity contribution in [1.82, 2.24) is 0 Å². The van der Waals surface area contributed by atoms with Crippen molar-refractivity contribution in [2.45, 2.75) is 0 Å². The first-order valence-corrected chi connectivity index (χ1v) is 8.53. The van der Waals surface area contributed by atoms with Gasteiger partial charge in [0.1, 0.15) is 16.7 Å². The van der Waals surface area contributed by atoms with Crippen molar-refractivity contribution in [2.75, 3.05) is 0 Å². The SMILES string of the molecule is O=C(O)c1cccc2c1oc1c(C(=O)O)ccc(-c3cc(Cl)cc(Cl)c3)c12. The molecule has 0 spiro atoms. The van der Waals surface area contributed by atoms with Gasteiger partial charge in [0.2, 0.25) is 0 Å². The molecule has 0 aliphatic heterocycles. The Hall–Kier alpha value is -3.02. The molecule has 0 unspecified atom stereocenters. The van der Waals surface area contributed by atoms with Crippen molar-refractivity contribution in [1.29, 1.82) is 0 Å². The minimum Gasteiger partial charge on any atom is -0.478 e. The summed E-state index contributed by atoms with van der Waals surface area (Å²) >= 11 is 12.2. The second kappa shape index (κ2) is 6.30. The van der Waals surface area contributed by atoms with Gasteiger partial charge in [-0.3, -0.25) is 0 Å². The first kappa shape index (κ1) is 17.4. The van der Waals surface area contributed by atoms with Crippen LogP contribution in [0, 0.1) is 0 Å². The maximum atomic E-state index is 11.6. The van der Waals surface area contributed by atoms with Crippen LogP contribution in [-0.4, -0.2) is 22.2 Å². The van der Waals surface area contributed by atoms with E-state index in [1.807, 2.05) is 0 Å². The van der Waals surface area contributed by atoms with Gasteiger partial charge < -0.3 is 14.6 Å². The third kappa shape index (κ3) is 2.81.